The fourth-order valence-corrected chi connectivity index (χ4v) is 7.62. The molecule has 1 aromatic heterocycles. The van der Waals surface area contributed by atoms with Crippen molar-refractivity contribution < 1.29 is 28.5 Å². The minimum atomic E-state index is -0.215. The lowest BCUT2D eigenvalue weighted by Crippen LogP contribution is -2.62. The first-order valence-corrected chi connectivity index (χ1v) is 15.8. The molecule has 45 heavy (non-hydrogen) atoms. The molecule has 0 spiro atoms. The van der Waals surface area contributed by atoms with Crippen molar-refractivity contribution in [1.29, 1.82) is 0 Å². The summed E-state index contributed by atoms with van der Waals surface area (Å²) >= 11 is 0. The van der Waals surface area contributed by atoms with Gasteiger partial charge in [0.15, 0.2) is 23.0 Å². The highest BCUT2D eigenvalue weighted by Crippen LogP contribution is 2.54. The van der Waals surface area contributed by atoms with E-state index in [0.29, 0.717) is 11.8 Å². The summed E-state index contributed by atoms with van der Waals surface area (Å²) in [6.07, 6.45) is 4.00. The second-order valence-electron chi connectivity index (χ2n) is 12.8. The molecule has 0 saturated carbocycles. The molecule has 9 heteroatoms. The van der Waals surface area contributed by atoms with Crippen LogP contribution < -0.4 is 18.9 Å². The van der Waals surface area contributed by atoms with Gasteiger partial charge in [0.1, 0.15) is 6.61 Å². The molecule has 6 rings (SSSR count). The van der Waals surface area contributed by atoms with Crippen molar-refractivity contribution in [3.05, 3.63) is 76.1 Å². The number of hydrogen-bond acceptors (Lipinski definition) is 9. The number of benzene rings is 2. The van der Waals surface area contributed by atoms with Gasteiger partial charge in [-0.1, -0.05) is 6.92 Å². The van der Waals surface area contributed by atoms with Gasteiger partial charge in [0.05, 0.1) is 40.9 Å². The van der Waals surface area contributed by atoms with Crippen LogP contribution in [0.1, 0.15) is 72.2 Å². The number of ether oxygens (including phenoxy) is 5. The number of fused-ring (bicyclic) bond motifs is 4. The van der Waals surface area contributed by atoms with Gasteiger partial charge in [-0.05, 0) is 90.9 Å². The van der Waals surface area contributed by atoms with Crippen LogP contribution in [0.25, 0.3) is 0 Å². The van der Waals surface area contributed by atoms with Gasteiger partial charge in [0.25, 0.3) is 0 Å². The van der Waals surface area contributed by atoms with Crippen LogP contribution in [0.5, 0.6) is 23.0 Å². The van der Waals surface area contributed by atoms with E-state index in [1.54, 1.807) is 34.6 Å². The van der Waals surface area contributed by atoms with Gasteiger partial charge in [-0.15, -0.1) is 0 Å². The summed E-state index contributed by atoms with van der Waals surface area (Å²) in [6, 6.07) is 12.7. The standard InChI is InChI=1S/C36H45N3O6/c1-22-8-10-37-29(12-22)23(2)13-35(40)45-21-30-27-16-33(43-6)31(41-4)14-24(27)9-11-38(30)20-26-18-36(3)28-17-34(44-7)32(42-5)15-25(28)19-39(26)36/h8,10,12,14-17,23,26,30H,9,11,13,18-21H2,1-7H3. The van der Waals surface area contributed by atoms with Gasteiger partial charge in [-0.3, -0.25) is 19.6 Å². The minimum Gasteiger partial charge on any atom is -0.493 e. The number of rotatable bonds is 11. The van der Waals surface area contributed by atoms with Crippen LogP contribution in [-0.2, 0) is 28.0 Å². The van der Waals surface area contributed by atoms with E-state index in [4.69, 9.17) is 23.7 Å². The third-order valence-electron chi connectivity index (χ3n) is 10.1. The number of nitrogens with zero attached hydrogens (tertiary/aromatic N) is 3. The summed E-state index contributed by atoms with van der Waals surface area (Å²) in [6.45, 7) is 9.27. The lowest BCUT2D eigenvalue weighted by atomic mass is 9.76. The Hall–Kier alpha value is -3.82. The molecule has 0 amide bonds. The lowest BCUT2D eigenvalue weighted by Gasteiger charge is -2.55. The Bertz CT molecular complexity index is 1580. The molecule has 1 fully saturated rings. The summed E-state index contributed by atoms with van der Waals surface area (Å²) in [5, 5.41) is 0. The Kier molecular flexibility index (Phi) is 8.68. The van der Waals surface area contributed by atoms with Crippen molar-refractivity contribution in [2.75, 3.05) is 48.1 Å². The third kappa shape index (κ3) is 5.72. The zero-order valence-corrected chi connectivity index (χ0v) is 27.5. The lowest BCUT2D eigenvalue weighted by molar-refractivity contribution is -0.146. The molecule has 0 aliphatic carbocycles. The number of esters is 1. The minimum absolute atomic E-state index is 0.0294. The van der Waals surface area contributed by atoms with E-state index in [1.165, 1.54) is 16.7 Å². The Morgan fingerprint density at radius 3 is 2.33 bits per heavy atom. The highest BCUT2D eigenvalue weighted by atomic mass is 16.5. The normalized spacial score (nSPS) is 22.8. The molecular formula is C36H45N3O6. The van der Waals surface area contributed by atoms with Crippen molar-refractivity contribution in [2.45, 2.75) is 70.1 Å². The summed E-state index contributed by atoms with van der Waals surface area (Å²) in [7, 11) is 6.69. The zero-order chi connectivity index (χ0) is 31.9. The van der Waals surface area contributed by atoms with E-state index < -0.39 is 0 Å². The molecule has 1 saturated heterocycles. The van der Waals surface area contributed by atoms with Crippen LogP contribution >= 0.6 is 0 Å². The summed E-state index contributed by atoms with van der Waals surface area (Å²) < 4.78 is 28.6. The van der Waals surface area contributed by atoms with E-state index >= 15 is 0 Å². The summed E-state index contributed by atoms with van der Waals surface area (Å²) in [5.41, 5.74) is 6.94. The van der Waals surface area contributed by atoms with Gasteiger partial charge >= 0.3 is 5.97 Å². The fourth-order valence-electron chi connectivity index (χ4n) is 7.62. The molecule has 240 valence electrons. The maximum atomic E-state index is 13.2. The molecule has 4 heterocycles. The number of hydrogen-bond donors (Lipinski definition) is 0. The SMILES string of the molecule is COc1cc2c(cc1OC)C(COC(=O)CC(C)c1cc(C)ccn1)N(CC1CC3(C)c4cc(OC)c(OC)cc4CN13)CC2. The first kappa shape index (κ1) is 31.2. The number of pyridine rings is 1. The smallest absolute Gasteiger partial charge is 0.306 e. The van der Waals surface area contributed by atoms with Crippen molar-refractivity contribution in [2.24, 2.45) is 0 Å². The molecule has 3 aliphatic rings. The zero-order valence-electron chi connectivity index (χ0n) is 27.5. The van der Waals surface area contributed by atoms with Crippen molar-refractivity contribution >= 4 is 5.97 Å². The van der Waals surface area contributed by atoms with Crippen molar-refractivity contribution in [1.82, 2.24) is 14.8 Å². The molecular weight excluding hydrogens is 570 g/mol. The van der Waals surface area contributed by atoms with E-state index in [1.807, 2.05) is 26.0 Å². The van der Waals surface area contributed by atoms with Crippen LogP contribution in [0.15, 0.2) is 42.6 Å². The largest absolute Gasteiger partial charge is 0.493 e. The Morgan fingerprint density at radius 2 is 1.64 bits per heavy atom. The number of carbonyl (C=O) groups excluding carboxylic acids is 1. The van der Waals surface area contributed by atoms with Crippen LogP contribution in [0.4, 0.5) is 0 Å². The highest BCUT2D eigenvalue weighted by Gasteiger charge is 2.55. The maximum Gasteiger partial charge on any atom is 0.306 e. The first-order chi connectivity index (χ1) is 21.7. The van der Waals surface area contributed by atoms with Gasteiger partial charge in [0.2, 0.25) is 0 Å². The second-order valence-corrected chi connectivity index (χ2v) is 12.8. The fraction of sp³-hybridized carbons (Fsp3) is 0.500. The molecule has 0 N–H and O–H groups in total. The van der Waals surface area contributed by atoms with Crippen LogP contribution in [0.3, 0.4) is 0 Å². The molecule has 4 unspecified atom stereocenters. The second kappa shape index (κ2) is 12.5. The number of methoxy groups -OCH3 is 4. The number of aryl methyl sites for hydroxylation is 1. The van der Waals surface area contributed by atoms with E-state index in [9.17, 15) is 4.79 Å². The quantitative estimate of drug-likeness (QED) is 0.257. The molecule has 4 atom stereocenters. The number of carbonyl (C=O) groups is 1. The van der Waals surface area contributed by atoms with Gasteiger partial charge in [-0.2, -0.15) is 0 Å². The highest BCUT2D eigenvalue weighted by molar-refractivity contribution is 5.70. The first-order valence-electron chi connectivity index (χ1n) is 15.8. The van der Waals surface area contributed by atoms with E-state index in [2.05, 4.69) is 46.0 Å². The van der Waals surface area contributed by atoms with Crippen LogP contribution in [0, 0.1) is 6.92 Å². The average Bonchev–Trinajstić information content (AvgIpc) is 3.26. The van der Waals surface area contributed by atoms with Crippen molar-refractivity contribution in [3.8, 4) is 23.0 Å². The maximum absolute atomic E-state index is 13.2. The molecule has 2 aromatic carbocycles. The van der Waals surface area contributed by atoms with E-state index in [0.717, 1.165) is 66.5 Å². The topological polar surface area (TPSA) is 82.6 Å². The predicted molar refractivity (Wildman–Crippen MR) is 171 cm³/mol. The molecule has 0 bridgehead atoms. The molecule has 3 aliphatic heterocycles. The molecule has 3 aromatic rings. The Balaban J connectivity index is 1.21. The molecule has 9 nitrogen and oxygen atoms in total. The van der Waals surface area contributed by atoms with Crippen molar-refractivity contribution in [3.63, 3.8) is 0 Å². The Morgan fingerprint density at radius 1 is 0.978 bits per heavy atom. The summed E-state index contributed by atoms with van der Waals surface area (Å²) in [5.74, 6) is 2.70. The molecule has 0 radical (unpaired) electrons. The van der Waals surface area contributed by atoms with Gasteiger partial charge < -0.3 is 23.7 Å². The van der Waals surface area contributed by atoms with Gasteiger partial charge in [0, 0.05) is 49.0 Å². The number of aromatic nitrogens is 1. The summed E-state index contributed by atoms with van der Waals surface area (Å²) in [4.78, 5) is 22.7. The third-order valence-corrected chi connectivity index (χ3v) is 10.1. The van der Waals surface area contributed by atoms with E-state index in [-0.39, 0.29) is 36.5 Å². The van der Waals surface area contributed by atoms with Crippen LogP contribution in [0.2, 0.25) is 0 Å². The van der Waals surface area contributed by atoms with Crippen LogP contribution in [-0.4, -0.2) is 74.9 Å². The predicted octanol–water partition coefficient (Wildman–Crippen LogP) is 5.56. The Labute approximate surface area is 266 Å². The monoisotopic (exact) mass is 615 g/mol. The van der Waals surface area contributed by atoms with Gasteiger partial charge in [-0.25, -0.2) is 0 Å². The average molecular weight is 616 g/mol.